The highest BCUT2D eigenvalue weighted by Gasteiger charge is 2.31. The Labute approximate surface area is 113 Å². The monoisotopic (exact) mass is 271 g/mol. The molecule has 1 unspecified atom stereocenters. The van der Waals surface area contributed by atoms with Crippen LogP contribution in [0.15, 0.2) is 30.3 Å². The number of carbonyl (C=O) groups is 1. The zero-order valence-electron chi connectivity index (χ0n) is 10.6. The van der Waals surface area contributed by atoms with Crippen molar-refractivity contribution in [2.24, 2.45) is 0 Å². The van der Waals surface area contributed by atoms with Crippen molar-refractivity contribution in [3.63, 3.8) is 0 Å². The third kappa shape index (κ3) is 4.20. The van der Waals surface area contributed by atoms with Crippen LogP contribution in [0, 0.1) is 0 Å². The van der Waals surface area contributed by atoms with Crippen molar-refractivity contribution >= 4 is 6.16 Å². The molecule has 1 saturated heterocycles. The van der Waals surface area contributed by atoms with Crippen LogP contribution >= 0.6 is 0 Å². The fourth-order valence-corrected chi connectivity index (χ4v) is 2.15. The Morgan fingerprint density at radius 1 is 1.28 bits per heavy atom. The Balaban J connectivity index is 0.00000162. The molecule has 2 rings (SSSR count). The topological polar surface area (TPSA) is 35.5 Å². The molecule has 100 valence electrons. The number of cyclic esters (lactones) is 2. The number of hydrogen-bond donors (Lipinski definition) is 0. The van der Waals surface area contributed by atoms with Crippen LogP contribution < -0.4 is 12.4 Å². The molecule has 1 fully saturated rings. The first kappa shape index (κ1) is 14.8. The lowest BCUT2D eigenvalue weighted by atomic mass is 10.2. The van der Waals surface area contributed by atoms with E-state index in [0.29, 0.717) is 6.61 Å². The zero-order chi connectivity index (χ0) is 12.3. The minimum Gasteiger partial charge on any atom is -1.00 e. The molecule has 0 bridgehead atoms. The van der Waals surface area contributed by atoms with Crippen molar-refractivity contribution in [1.29, 1.82) is 0 Å². The SMILES string of the molecule is C[N+](C)(Cc1ccccc1)CC1COC(=O)O1.[Cl-]. The summed E-state index contributed by atoms with van der Waals surface area (Å²) >= 11 is 0. The van der Waals surface area contributed by atoms with Crippen LogP contribution in [0.25, 0.3) is 0 Å². The Morgan fingerprint density at radius 2 is 1.94 bits per heavy atom. The highest BCUT2D eigenvalue weighted by molar-refractivity contribution is 5.61. The van der Waals surface area contributed by atoms with Crippen LogP contribution in [0.2, 0.25) is 0 Å². The summed E-state index contributed by atoms with van der Waals surface area (Å²) in [7, 11) is 4.25. The second-order valence-electron chi connectivity index (χ2n) is 5.06. The first-order valence-electron chi connectivity index (χ1n) is 5.74. The number of halogens is 1. The summed E-state index contributed by atoms with van der Waals surface area (Å²) in [6.45, 7) is 2.05. The number of hydrogen-bond acceptors (Lipinski definition) is 3. The Morgan fingerprint density at radius 3 is 2.50 bits per heavy atom. The second kappa shape index (κ2) is 6.07. The minimum absolute atomic E-state index is 0. The van der Waals surface area contributed by atoms with Gasteiger partial charge in [-0.3, -0.25) is 0 Å². The Bertz CT molecular complexity index is 394. The predicted molar refractivity (Wildman–Crippen MR) is 63.3 cm³/mol. The Kier molecular flexibility index (Phi) is 4.99. The fraction of sp³-hybridized carbons (Fsp3) is 0.462. The molecule has 18 heavy (non-hydrogen) atoms. The van der Waals surface area contributed by atoms with Crippen molar-refractivity contribution in [3.8, 4) is 0 Å². The van der Waals surface area contributed by atoms with E-state index in [1.165, 1.54) is 5.56 Å². The van der Waals surface area contributed by atoms with E-state index in [-0.39, 0.29) is 18.5 Å². The lowest BCUT2D eigenvalue weighted by Crippen LogP contribution is -3.00. The van der Waals surface area contributed by atoms with E-state index in [9.17, 15) is 4.79 Å². The Hall–Kier alpha value is -1.26. The average Bonchev–Trinajstić information content (AvgIpc) is 2.63. The fourth-order valence-electron chi connectivity index (χ4n) is 2.15. The molecule has 1 aromatic carbocycles. The summed E-state index contributed by atoms with van der Waals surface area (Å²) in [4.78, 5) is 10.8. The number of carbonyl (C=O) groups excluding carboxylic acids is 1. The van der Waals surface area contributed by atoms with Crippen LogP contribution in [0.5, 0.6) is 0 Å². The maximum Gasteiger partial charge on any atom is 0.509 e. The van der Waals surface area contributed by atoms with Gasteiger partial charge in [-0.1, -0.05) is 30.3 Å². The van der Waals surface area contributed by atoms with E-state index in [0.717, 1.165) is 17.6 Å². The van der Waals surface area contributed by atoms with Crippen molar-refractivity contribution in [1.82, 2.24) is 0 Å². The number of ether oxygens (including phenoxy) is 2. The predicted octanol–water partition coefficient (Wildman–Crippen LogP) is -1.20. The summed E-state index contributed by atoms with van der Waals surface area (Å²) in [5.41, 5.74) is 1.28. The highest BCUT2D eigenvalue weighted by atomic mass is 35.5. The molecule has 1 aliphatic heterocycles. The van der Waals surface area contributed by atoms with Crippen molar-refractivity contribution in [2.75, 3.05) is 27.2 Å². The largest absolute Gasteiger partial charge is 1.00 e. The third-order valence-electron chi connectivity index (χ3n) is 2.80. The number of likely N-dealkylation sites (N-methyl/N-ethyl adjacent to an activating group) is 1. The van der Waals surface area contributed by atoms with Crippen molar-refractivity contribution in [3.05, 3.63) is 35.9 Å². The van der Waals surface area contributed by atoms with E-state index in [4.69, 9.17) is 9.47 Å². The van der Waals surface area contributed by atoms with Gasteiger partial charge in [0.15, 0.2) is 6.10 Å². The van der Waals surface area contributed by atoms with Gasteiger partial charge in [-0.05, 0) is 0 Å². The summed E-state index contributed by atoms with van der Waals surface area (Å²) in [5, 5.41) is 0. The molecule has 0 aromatic heterocycles. The van der Waals surface area contributed by atoms with Crippen LogP contribution in [0.1, 0.15) is 5.56 Å². The molecule has 0 aliphatic carbocycles. The summed E-state index contributed by atoms with van der Waals surface area (Å²) in [5.74, 6) is 0. The molecule has 1 aliphatic rings. The lowest BCUT2D eigenvalue weighted by Gasteiger charge is -2.31. The van der Waals surface area contributed by atoms with E-state index in [1.807, 2.05) is 18.2 Å². The maximum absolute atomic E-state index is 10.8. The molecule has 1 aromatic rings. The van der Waals surface area contributed by atoms with E-state index >= 15 is 0 Å². The minimum atomic E-state index is -0.547. The molecule has 0 saturated carbocycles. The van der Waals surface area contributed by atoms with Crippen LogP contribution in [0.4, 0.5) is 4.79 Å². The number of quaternary nitrogens is 1. The van der Waals surface area contributed by atoms with Gasteiger partial charge in [0.1, 0.15) is 19.7 Å². The summed E-state index contributed by atoms with van der Waals surface area (Å²) in [6, 6.07) is 10.3. The quantitative estimate of drug-likeness (QED) is 0.510. The van der Waals surface area contributed by atoms with Gasteiger partial charge in [-0.15, -0.1) is 0 Å². The second-order valence-corrected chi connectivity index (χ2v) is 5.06. The van der Waals surface area contributed by atoms with Crippen molar-refractivity contribution < 1.29 is 31.2 Å². The van der Waals surface area contributed by atoms with Crippen LogP contribution in [0.3, 0.4) is 0 Å². The average molecular weight is 272 g/mol. The molecule has 0 radical (unpaired) electrons. The van der Waals surface area contributed by atoms with Gasteiger partial charge in [0, 0.05) is 5.56 Å². The molecule has 0 N–H and O–H groups in total. The lowest BCUT2D eigenvalue weighted by molar-refractivity contribution is -0.906. The van der Waals surface area contributed by atoms with Crippen LogP contribution in [-0.4, -0.2) is 44.0 Å². The van der Waals surface area contributed by atoms with Crippen LogP contribution in [-0.2, 0) is 16.0 Å². The number of nitrogens with zero attached hydrogens (tertiary/aromatic N) is 1. The standard InChI is InChI=1S/C13H18NO3.ClH/c1-14(2,8-11-6-4-3-5-7-11)9-12-10-16-13(15)17-12;/h3-7,12H,8-10H2,1-2H3;1H/q+1;/p-1. The number of rotatable bonds is 4. The summed E-state index contributed by atoms with van der Waals surface area (Å²) in [6.07, 6.45) is -0.670. The number of benzene rings is 1. The van der Waals surface area contributed by atoms with E-state index < -0.39 is 6.16 Å². The zero-order valence-corrected chi connectivity index (χ0v) is 11.4. The highest BCUT2D eigenvalue weighted by Crippen LogP contribution is 2.14. The molecule has 5 heteroatoms. The van der Waals surface area contributed by atoms with Gasteiger partial charge in [-0.25, -0.2) is 4.79 Å². The van der Waals surface area contributed by atoms with Gasteiger partial charge in [0.2, 0.25) is 0 Å². The molecular formula is C13H18ClNO3. The van der Waals surface area contributed by atoms with Crippen molar-refractivity contribution in [2.45, 2.75) is 12.6 Å². The third-order valence-corrected chi connectivity index (χ3v) is 2.80. The normalized spacial score (nSPS) is 18.8. The van der Waals surface area contributed by atoms with Gasteiger partial charge >= 0.3 is 6.16 Å². The summed E-state index contributed by atoms with van der Waals surface area (Å²) < 4.78 is 10.6. The van der Waals surface area contributed by atoms with E-state index in [2.05, 4.69) is 26.2 Å². The van der Waals surface area contributed by atoms with Gasteiger partial charge in [-0.2, -0.15) is 0 Å². The van der Waals surface area contributed by atoms with Gasteiger partial charge in [0.25, 0.3) is 0 Å². The smallest absolute Gasteiger partial charge is 0.509 e. The van der Waals surface area contributed by atoms with Gasteiger partial charge < -0.3 is 26.4 Å². The first-order valence-corrected chi connectivity index (χ1v) is 5.74. The molecule has 1 atom stereocenters. The molecule has 1 heterocycles. The maximum atomic E-state index is 10.8. The molecule has 0 amide bonds. The molecule has 4 nitrogen and oxygen atoms in total. The molecule has 0 spiro atoms. The molecular weight excluding hydrogens is 254 g/mol. The van der Waals surface area contributed by atoms with E-state index in [1.54, 1.807) is 0 Å². The van der Waals surface area contributed by atoms with Gasteiger partial charge in [0.05, 0.1) is 14.1 Å². The first-order chi connectivity index (χ1) is 8.05.